The summed E-state index contributed by atoms with van der Waals surface area (Å²) < 4.78 is 21.8. The smallest absolute Gasteiger partial charge is 0.510 e. The number of halogens is 1. The fraction of sp³-hybridized carbons (Fsp3) is 0. The predicted octanol–water partition coefficient (Wildman–Crippen LogP) is 2.74. The highest BCUT2D eigenvalue weighted by molar-refractivity contribution is 6.35. The zero-order chi connectivity index (χ0) is 12.8. The second-order valence-electron chi connectivity index (χ2n) is 3.40. The zero-order valence-electron chi connectivity index (χ0n) is 9.32. The van der Waals surface area contributed by atoms with Gasteiger partial charge < -0.3 is 14.4 Å². The fourth-order valence-corrected chi connectivity index (χ4v) is 1.35. The topological polar surface area (TPSA) is 47.9 Å². The molecular formula is C12H10BFO4. The molecule has 0 aliphatic heterocycles. The van der Waals surface area contributed by atoms with E-state index < -0.39 is 7.32 Å². The molecule has 4 nitrogen and oxygen atoms in total. The van der Waals surface area contributed by atoms with E-state index in [0.29, 0.717) is 11.5 Å². The first-order valence-electron chi connectivity index (χ1n) is 5.23. The van der Waals surface area contributed by atoms with Crippen molar-refractivity contribution in [2.45, 2.75) is 0 Å². The van der Waals surface area contributed by atoms with Gasteiger partial charge in [0.2, 0.25) is 0 Å². The van der Waals surface area contributed by atoms with Gasteiger partial charge in [0.1, 0.15) is 17.2 Å². The summed E-state index contributed by atoms with van der Waals surface area (Å²) >= 11 is 0. The van der Waals surface area contributed by atoms with Crippen molar-refractivity contribution in [2.75, 3.05) is 0 Å². The Morgan fingerprint density at radius 3 is 2.00 bits per heavy atom. The Kier molecular flexibility index (Phi) is 4.17. The molecule has 0 aliphatic carbocycles. The van der Waals surface area contributed by atoms with Gasteiger partial charge in [0, 0.05) is 0 Å². The Morgan fingerprint density at radius 2 is 1.39 bits per heavy atom. The summed E-state index contributed by atoms with van der Waals surface area (Å²) in [6, 6.07) is 15.6. The molecular weight excluding hydrogens is 238 g/mol. The summed E-state index contributed by atoms with van der Waals surface area (Å²) in [5, 5.41) is 8.77. The third-order valence-corrected chi connectivity index (χ3v) is 2.12. The third-order valence-electron chi connectivity index (χ3n) is 2.12. The van der Waals surface area contributed by atoms with Crippen LogP contribution in [0.1, 0.15) is 0 Å². The van der Waals surface area contributed by atoms with Crippen LogP contribution in [0.5, 0.6) is 17.2 Å². The van der Waals surface area contributed by atoms with Gasteiger partial charge in [0.15, 0.2) is 0 Å². The molecule has 0 amide bonds. The molecule has 0 heterocycles. The van der Waals surface area contributed by atoms with Crippen LogP contribution in [0.4, 0.5) is 4.53 Å². The molecule has 0 saturated heterocycles. The first kappa shape index (κ1) is 12.4. The molecule has 0 radical (unpaired) electrons. The van der Waals surface area contributed by atoms with E-state index in [-0.39, 0.29) is 5.75 Å². The highest BCUT2D eigenvalue weighted by Crippen LogP contribution is 2.23. The molecule has 6 heteroatoms. The van der Waals surface area contributed by atoms with Crippen LogP contribution in [0.25, 0.3) is 0 Å². The average molecular weight is 248 g/mol. The quantitative estimate of drug-likeness (QED) is 0.826. The fourth-order valence-electron chi connectivity index (χ4n) is 1.35. The zero-order valence-corrected chi connectivity index (χ0v) is 9.32. The van der Waals surface area contributed by atoms with Crippen LogP contribution in [0.15, 0.2) is 54.6 Å². The van der Waals surface area contributed by atoms with E-state index in [1.54, 1.807) is 12.1 Å². The van der Waals surface area contributed by atoms with E-state index in [2.05, 4.69) is 9.51 Å². The first-order valence-corrected chi connectivity index (χ1v) is 5.23. The Hall–Kier alpha value is -2.05. The number of para-hydroxylation sites is 1. The predicted molar refractivity (Wildman–Crippen MR) is 63.8 cm³/mol. The summed E-state index contributed by atoms with van der Waals surface area (Å²) in [5.41, 5.74) is 0. The van der Waals surface area contributed by atoms with E-state index in [1.165, 1.54) is 12.1 Å². The first-order chi connectivity index (χ1) is 8.78. The van der Waals surface area contributed by atoms with Crippen LogP contribution in [0, 0.1) is 0 Å². The minimum atomic E-state index is -1.93. The van der Waals surface area contributed by atoms with Gasteiger partial charge in [0.25, 0.3) is 0 Å². The molecule has 1 N–H and O–H groups in total. The number of rotatable bonds is 5. The Bertz CT molecular complexity index is 477. The van der Waals surface area contributed by atoms with Gasteiger partial charge in [-0.15, -0.1) is 0 Å². The number of benzene rings is 2. The minimum Gasteiger partial charge on any atom is -0.510 e. The summed E-state index contributed by atoms with van der Waals surface area (Å²) in [6.07, 6.45) is 0. The Morgan fingerprint density at radius 1 is 0.833 bits per heavy atom. The lowest BCUT2D eigenvalue weighted by atomic mass is 10.2. The Labute approximate surface area is 104 Å². The highest BCUT2D eigenvalue weighted by Gasteiger charge is 2.18. The van der Waals surface area contributed by atoms with E-state index in [1.807, 2.05) is 30.3 Å². The summed E-state index contributed by atoms with van der Waals surface area (Å²) in [6.45, 7) is 0. The van der Waals surface area contributed by atoms with E-state index in [9.17, 15) is 4.53 Å². The summed E-state index contributed by atoms with van der Waals surface area (Å²) in [4.78, 5) is 3.08. The lowest BCUT2D eigenvalue weighted by molar-refractivity contribution is -0.0527. The lowest BCUT2D eigenvalue weighted by Crippen LogP contribution is -2.22. The van der Waals surface area contributed by atoms with Gasteiger partial charge in [-0.3, -0.25) is 0 Å². The van der Waals surface area contributed by atoms with Crippen LogP contribution in [0.3, 0.4) is 0 Å². The van der Waals surface area contributed by atoms with Gasteiger partial charge in [0.05, 0.1) is 0 Å². The van der Waals surface area contributed by atoms with Crippen molar-refractivity contribution in [3.63, 3.8) is 0 Å². The molecule has 2 aromatic carbocycles. The monoisotopic (exact) mass is 248 g/mol. The van der Waals surface area contributed by atoms with Crippen LogP contribution >= 0.6 is 0 Å². The second-order valence-corrected chi connectivity index (χ2v) is 3.40. The maximum Gasteiger partial charge on any atom is 0.743 e. The standard InChI is InChI=1S/C12H10BFO4/c14-18-13(15)17-12-8-6-11(7-9-12)16-10-4-2-1-3-5-10/h1-9,15H. The second kappa shape index (κ2) is 6.04. The molecule has 2 aromatic rings. The summed E-state index contributed by atoms with van der Waals surface area (Å²) in [7, 11) is -1.93. The van der Waals surface area contributed by atoms with Crippen molar-refractivity contribution in [1.29, 1.82) is 0 Å². The van der Waals surface area contributed by atoms with Gasteiger partial charge in [-0.2, -0.15) is 4.86 Å². The normalized spacial score (nSPS) is 9.89. The highest BCUT2D eigenvalue weighted by atomic mass is 19.3. The van der Waals surface area contributed by atoms with Crippen molar-refractivity contribution in [3.8, 4) is 17.2 Å². The van der Waals surface area contributed by atoms with Gasteiger partial charge in [-0.25, -0.2) is 0 Å². The third kappa shape index (κ3) is 3.48. The lowest BCUT2D eigenvalue weighted by Gasteiger charge is -2.08. The average Bonchev–Trinajstić information content (AvgIpc) is 2.42. The molecule has 92 valence electrons. The van der Waals surface area contributed by atoms with Crippen LogP contribution in [-0.4, -0.2) is 12.3 Å². The Balaban J connectivity index is 2.00. The van der Waals surface area contributed by atoms with Crippen molar-refractivity contribution < 1.29 is 23.8 Å². The molecule has 0 aromatic heterocycles. The molecule has 18 heavy (non-hydrogen) atoms. The minimum absolute atomic E-state index is 0.264. The van der Waals surface area contributed by atoms with E-state index in [0.717, 1.165) is 0 Å². The van der Waals surface area contributed by atoms with E-state index in [4.69, 9.17) is 9.76 Å². The van der Waals surface area contributed by atoms with Crippen molar-refractivity contribution in [1.82, 2.24) is 0 Å². The summed E-state index contributed by atoms with van der Waals surface area (Å²) in [5.74, 6) is 1.57. The number of ether oxygens (including phenoxy) is 1. The van der Waals surface area contributed by atoms with Crippen LogP contribution in [0.2, 0.25) is 0 Å². The molecule has 0 bridgehead atoms. The SMILES string of the molecule is OB(OF)Oc1ccc(Oc2ccccc2)cc1. The van der Waals surface area contributed by atoms with E-state index >= 15 is 0 Å². The van der Waals surface area contributed by atoms with Gasteiger partial charge >= 0.3 is 7.32 Å². The van der Waals surface area contributed by atoms with Gasteiger partial charge in [-0.1, -0.05) is 22.7 Å². The van der Waals surface area contributed by atoms with Crippen LogP contribution in [-0.2, 0) is 4.86 Å². The number of hydrogen-bond acceptors (Lipinski definition) is 4. The van der Waals surface area contributed by atoms with Crippen LogP contribution < -0.4 is 9.39 Å². The molecule has 0 fully saturated rings. The molecule has 0 spiro atoms. The molecule has 0 atom stereocenters. The maximum absolute atomic E-state index is 11.5. The number of hydrogen-bond donors (Lipinski definition) is 1. The van der Waals surface area contributed by atoms with Crippen molar-refractivity contribution in [2.24, 2.45) is 0 Å². The maximum atomic E-state index is 11.5. The molecule has 0 saturated carbocycles. The van der Waals surface area contributed by atoms with Crippen molar-refractivity contribution >= 4 is 7.32 Å². The van der Waals surface area contributed by atoms with Crippen molar-refractivity contribution in [3.05, 3.63) is 54.6 Å². The molecule has 2 rings (SSSR count). The molecule has 0 aliphatic rings. The van der Waals surface area contributed by atoms with Gasteiger partial charge in [-0.05, 0) is 36.4 Å². The molecule has 0 unspecified atom stereocenters. The largest absolute Gasteiger partial charge is 0.743 e.